The number of rotatable bonds is 4. The number of thioether (sulfide) groups is 1. The molecule has 5 nitrogen and oxygen atoms in total. The molecule has 1 saturated heterocycles. The number of thiocarbonyl (C=S) groups is 1. The molecule has 0 atom stereocenters. The van der Waals surface area contributed by atoms with Gasteiger partial charge in [0.2, 0.25) is 0 Å². The third kappa shape index (κ3) is 3.00. The van der Waals surface area contributed by atoms with Gasteiger partial charge >= 0.3 is 0 Å². The van der Waals surface area contributed by atoms with Crippen molar-refractivity contribution in [3.63, 3.8) is 0 Å². The van der Waals surface area contributed by atoms with Gasteiger partial charge in [-0.15, -0.1) is 0 Å². The minimum Gasteiger partial charge on any atom is -0.463 e. The number of carbonyl (C=O) groups excluding carboxylic acids is 1. The van der Waals surface area contributed by atoms with Crippen LogP contribution in [0, 0.1) is 0 Å². The molecule has 1 fully saturated rings. The largest absolute Gasteiger partial charge is 0.463 e. The predicted octanol–water partition coefficient (Wildman–Crippen LogP) is 4.35. The van der Waals surface area contributed by atoms with Gasteiger partial charge in [0, 0.05) is 18.3 Å². The second-order valence-electron chi connectivity index (χ2n) is 5.62. The smallest absolute Gasteiger partial charge is 0.266 e. The Morgan fingerprint density at radius 2 is 2.04 bits per heavy atom. The van der Waals surface area contributed by atoms with Gasteiger partial charge in [-0.2, -0.15) is 5.10 Å². The minimum atomic E-state index is -0.0691. The van der Waals surface area contributed by atoms with Gasteiger partial charge < -0.3 is 4.42 Å². The molecular formula is C19H15N3O2S2. The van der Waals surface area contributed by atoms with Crippen molar-refractivity contribution >= 4 is 40.3 Å². The van der Waals surface area contributed by atoms with Crippen molar-refractivity contribution in [2.75, 3.05) is 6.54 Å². The number of para-hydroxylation sites is 1. The monoisotopic (exact) mass is 381 g/mol. The fraction of sp³-hybridized carbons (Fsp3) is 0.105. The number of furan rings is 1. The topological polar surface area (TPSA) is 51.3 Å². The van der Waals surface area contributed by atoms with Crippen LogP contribution in [0.2, 0.25) is 0 Å². The quantitative estimate of drug-likeness (QED) is 0.497. The summed E-state index contributed by atoms with van der Waals surface area (Å²) >= 11 is 6.61. The standard InChI is InChI=1S/C19H15N3O2S2/c1-2-21-18(23)16(26-19(21)25)11-13-12-22(14-7-4-3-5-8-14)20-17(13)15-9-6-10-24-15/h3-12H,2H2,1H3/b16-11+. The Morgan fingerprint density at radius 3 is 2.69 bits per heavy atom. The Morgan fingerprint density at radius 1 is 1.23 bits per heavy atom. The van der Waals surface area contributed by atoms with E-state index in [0.717, 1.165) is 11.3 Å². The van der Waals surface area contributed by atoms with Crippen molar-refractivity contribution in [2.45, 2.75) is 6.92 Å². The number of nitrogens with zero attached hydrogens (tertiary/aromatic N) is 3. The van der Waals surface area contributed by atoms with Crippen LogP contribution in [0.5, 0.6) is 0 Å². The Kier molecular flexibility index (Phi) is 4.48. The average molecular weight is 381 g/mol. The third-order valence-electron chi connectivity index (χ3n) is 3.99. The molecule has 0 saturated carbocycles. The minimum absolute atomic E-state index is 0.0691. The highest BCUT2D eigenvalue weighted by atomic mass is 32.2. The zero-order chi connectivity index (χ0) is 18.1. The van der Waals surface area contributed by atoms with E-state index in [9.17, 15) is 4.79 Å². The molecule has 1 aromatic carbocycles. The van der Waals surface area contributed by atoms with Crippen molar-refractivity contribution in [1.82, 2.24) is 14.7 Å². The normalized spacial score (nSPS) is 16.0. The summed E-state index contributed by atoms with van der Waals surface area (Å²) in [6, 6.07) is 13.5. The van der Waals surface area contributed by atoms with Crippen molar-refractivity contribution in [3.05, 3.63) is 65.4 Å². The average Bonchev–Trinajstić information content (AvgIpc) is 3.36. The van der Waals surface area contributed by atoms with Crippen LogP contribution >= 0.6 is 24.0 Å². The first-order chi connectivity index (χ1) is 12.7. The Labute approximate surface area is 160 Å². The van der Waals surface area contributed by atoms with Gasteiger partial charge in [-0.3, -0.25) is 9.69 Å². The number of benzene rings is 1. The van der Waals surface area contributed by atoms with E-state index in [1.807, 2.05) is 61.7 Å². The first kappa shape index (κ1) is 16.8. The van der Waals surface area contributed by atoms with Crippen LogP contribution in [-0.2, 0) is 4.79 Å². The van der Waals surface area contributed by atoms with Gasteiger partial charge in [-0.25, -0.2) is 4.68 Å². The van der Waals surface area contributed by atoms with Gasteiger partial charge in [-0.05, 0) is 37.3 Å². The van der Waals surface area contributed by atoms with Crippen molar-refractivity contribution < 1.29 is 9.21 Å². The highest BCUT2D eigenvalue weighted by molar-refractivity contribution is 8.26. The summed E-state index contributed by atoms with van der Waals surface area (Å²) in [7, 11) is 0. The highest BCUT2D eigenvalue weighted by Gasteiger charge is 2.31. The lowest BCUT2D eigenvalue weighted by Gasteiger charge is -2.09. The molecule has 7 heteroatoms. The maximum Gasteiger partial charge on any atom is 0.266 e. The van der Waals surface area contributed by atoms with Gasteiger partial charge in [0.05, 0.1) is 16.9 Å². The maximum absolute atomic E-state index is 12.5. The SMILES string of the molecule is CCN1C(=O)/C(=C\c2cn(-c3ccccc3)nc2-c2ccco2)SC1=S. The summed E-state index contributed by atoms with van der Waals surface area (Å²) in [5.74, 6) is 0.581. The second-order valence-corrected chi connectivity index (χ2v) is 7.29. The highest BCUT2D eigenvalue weighted by Crippen LogP contribution is 2.34. The zero-order valence-electron chi connectivity index (χ0n) is 14.0. The number of amides is 1. The molecule has 4 rings (SSSR count). The zero-order valence-corrected chi connectivity index (χ0v) is 15.6. The van der Waals surface area contributed by atoms with Crippen LogP contribution in [-0.4, -0.2) is 31.5 Å². The van der Waals surface area contributed by atoms with Gasteiger partial charge in [0.15, 0.2) is 5.76 Å². The van der Waals surface area contributed by atoms with Crippen LogP contribution in [0.3, 0.4) is 0 Å². The molecule has 3 heterocycles. The van der Waals surface area contributed by atoms with E-state index in [2.05, 4.69) is 5.10 Å². The lowest BCUT2D eigenvalue weighted by atomic mass is 10.2. The van der Waals surface area contributed by atoms with E-state index < -0.39 is 0 Å². The summed E-state index contributed by atoms with van der Waals surface area (Å²) < 4.78 is 7.90. The van der Waals surface area contributed by atoms with E-state index in [1.54, 1.807) is 15.8 Å². The molecular weight excluding hydrogens is 366 g/mol. The lowest BCUT2D eigenvalue weighted by Crippen LogP contribution is -2.27. The van der Waals surface area contributed by atoms with Gasteiger partial charge in [0.25, 0.3) is 5.91 Å². The van der Waals surface area contributed by atoms with Crippen LogP contribution in [0.25, 0.3) is 23.2 Å². The van der Waals surface area contributed by atoms with Gasteiger partial charge in [0.1, 0.15) is 10.0 Å². The van der Waals surface area contributed by atoms with Crippen LogP contribution in [0.1, 0.15) is 12.5 Å². The fourth-order valence-electron chi connectivity index (χ4n) is 2.72. The Hall–Kier alpha value is -2.64. The predicted molar refractivity (Wildman–Crippen MR) is 107 cm³/mol. The first-order valence-corrected chi connectivity index (χ1v) is 9.34. The summed E-state index contributed by atoms with van der Waals surface area (Å²) in [6.45, 7) is 2.48. The van der Waals surface area contributed by atoms with Gasteiger partial charge in [-0.1, -0.05) is 42.2 Å². The number of hydrogen-bond acceptors (Lipinski definition) is 5. The molecule has 0 N–H and O–H groups in total. The van der Waals surface area contributed by atoms with Crippen LogP contribution < -0.4 is 0 Å². The van der Waals surface area contributed by atoms with Crippen molar-refractivity contribution in [1.29, 1.82) is 0 Å². The molecule has 0 spiro atoms. The van der Waals surface area contributed by atoms with E-state index in [4.69, 9.17) is 16.6 Å². The lowest BCUT2D eigenvalue weighted by molar-refractivity contribution is -0.121. The van der Waals surface area contributed by atoms with Crippen molar-refractivity contribution in [2.24, 2.45) is 0 Å². The number of hydrogen-bond donors (Lipinski definition) is 0. The summed E-state index contributed by atoms with van der Waals surface area (Å²) in [5.41, 5.74) is 2.42. The molecule has 3 aromatic rings. The van der Waals surface area contributed by atoms with Crippen molar-refractivity contribution in [3.8, 4) is 17.1 Å². The summed E-state index contributed by atoms with van der Waals surface area (Å²) in [4.78, 5) is 14.7. The molecule has 1 amide bonds. The van der Waals surface area contributed by atoms with E-state index in [0.29, 0.717) is 27.2 Å². The molecule has 2 aromatic heterocycles. The van der Waals surface area contributed by atoms with E-state index in [1.165, 1.54) is 11.8 Å². The number of likely N-dealkylation sites (N-methyl/N-ethyl adjacent to an activating group) is 1. The molecule has 1 aliphatic heterocycles. The molecule has 0 unspecified atom stereocenters. The molecule has 0 bridgehead atoms. The number of aromatic nitrogens is 2. The Balaban J connectivity index is 1.80. The number of carbonyl (C=O) groups is 1. The molecule has 26 heavy (non-hydrogen) atoms. The summed E-state index contributed by atoms with van der Waals surface area (Å²) in [6.07, 6.45) is 5.34. The van der Waals surface area contributed by atoms with Crippen LogP contribution in [0.4, 0.5) is 0 Å². The Bertz CT molecular complexity index is 991. The van der Waals surface area contributed by atoms with E-state index in [-0.39, 0.29) is 5.91 Å². The molecule has 0 aliphatic carbocycles. The first-order valence-electron chi connectivity index (χ1n) is 8.11. The fourth-order valence-corrected chi connectivity index (χ4v) is 4.10. The molecule has 130 valence electrons. The summed E-state index contributed by atoms with van der Waals surface area (Å²) in [5, 5.41) is 4.66. The maximum atomic E-state index is 12.5. The molecule has 0 radical (unpaired) electrons. The van der Waals surface area contributed by atoms with Crippen LogP contribution in [0.15, 0.2) is 64.2 Å². The molecule has 1 aliphatic rings. The third-order valence-corrected chi connectivity index (χ3v) is 5.37. The second kappa shape index (κ2) is 6.93. The van der Waals surface area contributed by atoms with E-state index >= 15 is 0 Å².